The monoisotopic (exact) mass is 316 g/mol. The molecule has 23 heavy (non-hydrogen) atoms. The van der Waals surface area contributed by atoms with Gasteiger partial charge in [0.1, 0.15) is 0 Å². The Balaban J connectivity index is 1.79. The minimum atomic E-state index is -0.0334. The Morgan fingerprint density at radius 1 is 1.13 bits per heavy atom. The van der Waals surface area contributed by atoms with Crippen molar-refractivity contribution in [1.29, 1.82) is 0 Å². The molecule has 4 heteroatoms. The summed E-state index contributed by atoms with van der Waals surface area (Å²) in [6, 6.07) is 7.83. The molecule has 0 bridgehead atoms. The second kappa shape index (κ2) is 8.82. The lowest BCUT2D eigenvalue weighted by atomic mass is 9.84. The van der Waals surface area contributed by atoms with Crippen LogP contribution in [0.3, 0.4) is 0 Å². The summed E-state index contributed by atoms with van der Waals surface area (Å²) < 4.78 is 0. The van der Waals surface area contributed by atoms with E-state index in [-0.39, 0.29) is 30.6 Å². The second-order valence-electron chi connectivity index (χ2n) is 6.43. The van der Waals surface area contributed by atoms with Gasteiger partial charge in [-0.2, -0.15) is 0 Å². The van der Waals surface area contributed by atoms with Crippen LogP contribution in [-0.4, -0.2) is 24.3 Å². The number of nitrogens with one attached hydrogen (secondary N) is 1. The van der Waals surface area contributed by atoms with E-state index in [0.717, 1.165) is 25.7 Å². The molecule has 0 saturated heterocycles. The quantitative estimate of drug-likeness (QED) is 0.760. The molecule has 4 nitrogen and oxygen atoms in total. The third-order valence-electron chi connectivity index (χ3n) is 4.82. The van der Waals surface area contributed by atoms with Crippen LogP contribution < -0.4 is 11.1 Å². The Hall–Kier alpha value is -1.68. The smallest absolute Gasteiger partial charge is 0.220 e. The Bertz CT molecular complexity index is 525. The van der Waals surface area contributed by atoms with Crippen LogP contribution in [0, 0.1) is 5.92 Å². The maximum Gasteiger partial charge on any atom is 0.220 e. The Morgan fingerprint density at radius 2 is 1.83 bits per heavy atom. The first kappa shape index (κ1) is 17.7. The Labute approximate surface area is 138 Å². The number of Topliss-reactive ketones (excluding diaryl/α,β-unsaturated/α-hetero) is 1. The minimum Gasteiger partial charge on any atom is -0.353 e. The molecule has 0 spiro atoms. The number of hydrogen-bond donors (Lipinski definition) is 2. The topological polar surface area (TPSA) is 72.2 Å². The van der Waals surface area contributed by atoms with Gasteiger partial charge in [-0.1, -0.05) is 44.0 Å². The largest absolute Gasteiger partial charge is 0.353 e. The molecule has 1 saturated carbocycles. The molecule has 1 amide bonds. The highest BCUT2D eigenvalue weighted by Crippen LogP contribution is 2.23. The predicted molar refractivity (Wildman–Crippen MR) is 92.3 cm³/mol. The molecule has 0 radical (unpaired) electrons. The Kier molecular flexibility index (Phi) is 6.78. The van der Waals surface area contributed by atoms with E-state index in [4.69, 9.17) is 5.73 Å². The van der Waals surface area contributed by atoms with Crippen molar-refractivity contribution in [2.24, 2.45) is 11.7 Å². The molecule has 1 aromatic rings. The van der Waals surface area contributed by atoms with Crippen LogP contribution >= 0.6 is 0 Å². The maximum atomic E-state index is 12.2. The van der Waals surface area contributed by atoms with Crippen molar-refractivity contribution in [3.63, 3.8) is 0 Å². The molecule has 2 atom stereocenters. The number of amides is 1. The first-order chi connectivity index (χ1) is 11.1. The molecule has 1 fully saturated rings. The van der Waals surface area contributed by atoms with E-state index in [1.54, 1.807) is 0 Å². The van der Waals surface area contributed by atoms with Gasteiger partial charge in [0.05, 0.1) is 0 Å². The fourth-order valence-corrected chi connectivity index (χ4v) is 3.26. The van der Waals surface area contributed by atoms with Crippen LogP contribution in [0.5, 0.6) is 0 Å². The van der Waals surface area contributed by atoms with E-state index in [1.165, 1.54) is 12.0 Å². The molecule has 1 aliphatic rings. The van der Waals surface area contributed by atoms with Crippen molar-refractivity contribution in [3.8, 4) is 0 Å². The third-order valence-corrected chi connectivity index (χ3v) is 4.82. The van der Waals surface area contributed by atoms with E-state index < -0.39 is 0 Å². The molecule has 3 N–H and O–H groups in total. The van der Waals surface area contributed by atoms with Gasteiger partial charge in [0.15, 0.2) is 5.78 Å². The van der Waals surface area contributed by atoms with Gasteiger partial charge >= 0.3 is 0 Å². The predicted octanol–water partition coefficient (Wildman–Crippen LogP) is 2.85. The number of aryl methyl sites for hydroxylation is 1. The van der Waals surface area contributed by atoms with Crippen molar-refractivity contribution in [3.05, 3.63) is 35.4 Å². The normalized spacial score (nSPS) is 21.0. The van der Waals surface area contributed by atoms with E-state index in [9.17, 15) is 9.59 Å². The van der Waals surface area contributed by atoms with Crippen molar-refractivity contribution >= 4 is 11.7 Å². The van der Waals surface area contributed by atoms with Gasteiger partial charge in [-0.3, -0.25) is 9.59 Å². The first-order valence-corrected chi connectivity index (χ1v) is 8.75. The molecule has 0 heterocycles. The minimum absolute atomic E-state index is 0.0295. The summed E-state index contributed by atoms with van der Waals surface area (Å²) in [5.74, 6) is 0.376. The zero-order valence-corrected chi connectivity index (χ0v) is 14.0. The lowest BCUT2D eigenvalue weighted by molar-refractivity contribution is -0.122. The van der Waals surface area contributed by atoms with E-state index in [0.29, 0.717) is 18.0 Å². The SMILES string of the molecule is CCc1ccc(C(=O)CCC(=O)NC2CCCCC2CN)cc1. The molecular formula is C19H28N2O2. The van der Waals surface area contributed by atoms with Crippen LogP contribution in [0.2, 0.25) is 0 Å². The summed E-state index contributed by atoms with van der Waals surface area (Å²) in [6.45, 7) is 2.70. The highest BCUT2D eigenvalue weighted by molar-refractivity contribution is 5.98. The lowest BCUT2D eigenvalue weighted by Crippen LogP contribution is -2.44. The average Bonchev–Trinajstić information content (AvgIpc) is 2.60. The highest BCUT2D eigenvalue weighted by atomic mass is 16.2. The van der Waals surface area contributed by atoms with Gasteiger partial charge in [0, 0.05) is 24.4 Å². The summed E-state index contributed by atoms with van der Waals surface area (Å²) >= 11 is 0. The first-order valence-electron chi connectivity index (χ1n) is 8.75. The summed E-state index contributed by atoms with van der Waals surface area (Å²) in [5.41, 5.74) is 7.69. The molecule has 1 aromatic carbocycles. The third kappa shape index (κ3) is 5.17. The summed E-state index contributed by atoms with van der Waals surface area (Å²) in [5, 5.41) is 3.07. The van der Waals surface area contributed by atoms with Gasteiger partial charge in [0.2, 0.25) is 5.91 Å². The summed E-state index contributed by atoms with van der Waals surface area (Å²) in [6.07, 6.45) is 5.90. The fraction of sp³-hybridized carbons (Fsp3) is 0.579. The van der Waals surface area contributed by atoms with Crippen molar-refractivity contribution in [2.75, 3.05) is 6.54 Å². The summed E-state index contributed by atoms with van der Waals surface area (Å²) in [4.78, 5) is 24.3. The maximum absolute atomic E-state index is 12.2. The van der Waals surface area contributed by atoms with Gasteiger partial charge in [0.25, 0.3) is 0 Å². The van der Waals surface area contributed by atoms with Crippen LogP contribution in [0.15, 0.2) is 24.3 Å². The van der Waals surface area contributed by atoms with E-state index in [1.807, 2.05) is 24.3 Å². The average molecular weight is 316 g/mol. The van der Waals surface area contributed by atoms with Crippen molar-refractivity contribution < 1.29 is 9.59 Å². The standard InChI is InChI=1S/C19H28N2O2/c1-2-14-7-9-15(10-8-14)18(22)11-12-19(23)21-17-6-4-3-5-16(17)13-20/h7-10,16-17H,2-6,11-13,20H2,1H3,(H,21,23). The van der Waals surface area contributed by atoms with Crippen LogP contribution in [0.1, 0.15) is 61.4 Å². The van der Waals surface area contributed by atoms with Gasteiger partial charge in [-0.05, 0) is 37.3 Å². The number of carbonyl (C=O) groups is 2. The number of benzene rings is 1. The fourth-order valence-electron chi connectivity index (χ4n) is 3.26. The van der Waals surface area contributed by atoms with E-state index >= 15 is 0 Å². The molecule has 2 rings (SSSR count). The summed E-state index contributed by atoms with van der Waals surface area (Å²) in [7, 11) is 0. The molecule has 0 aromatic heterocycles. The Morgan fingerprint density at radius 3 is 2.48 bits per heavy atom. The number of carbonyl (C=O) groups excluding carboxylic acids is 2. The number of ketones is 1. The van der Waals surface area contributed by atoms with Crippen LogP contribution in [0.25, 0.3) is 0 Å². The van der Waals surface area contributed by atoms with Crippen LogP contribution in [-0.2, 0) is 11.2 Å². The molecule has 2 unspecified atom stereocenters. The van der Waals surface area contributed by atoms with Crippen molar-refractivity contribution in [2.45, 2.75) is 57.9 Å². The second-order valence-corrected chi connectivity index (χ2v) is 6.43. The zero-order valence-electron chi connectivity index (χ0n) is 14.0. The molecule has 1 aliphatic carbocycles. The molecule has 126 valence electrons. The van der Waals surface area contributed by atoms with E-state index in [2.05, 4.69) is 12.2 Å². The van der Waals surface area contributed by atoms with Gasteiger partial charge in [-0.15, -0.1) is 0 Å². The number of rotatable bonds is 7. The zero-order chi connectivity index (χ0) is 16.7. The van der Waals surface area contributed by atoms with Gasteiger partial charge < -0.3 is 11.1 Å². The molecular weight excluding hydrogens is 288 g/mol. The van der Waals surface area contributed by atoms with Gasteiger partial charge in [-0.25, -0.2) is 0 Å². The molecule has 0 aliphatic heterocycles. The number of nitrogens with two attached hydrogens (primary N) is 1. The van der Waals surface area contributed by atoms with Crippen LogP contribution in [0.4, 0.5) is 0 Å². The highest BCUT2D eigenvalue weighted by Gasteiger charge is 2.25. The lowest BCUT2D eigenvalue weighted by Gasteiger charge is -2.31. The van der Waals surface area contributed by atoms with Crippen molar-refractivity contribution in [1.82, 2.24) is 5.32 Å². The number of hydrogen-bond acceptors (Lipinski definition) is 3.